The second kappa shape index (κ2) is 15.7. The molecule has 0 bridgehead atoms. The molecule has 2 amide bonds. The van der Waals surface area contributed by atoms with Crippen LogP contribution in [-0.2, 0) is 32.6 Å². The van der Waals surface area contributed by atoms with Crippen molar-refractivity contribution in [3.8, 4) is 5.75 Å². The molecule has 1 fully saturated rings. The molecule has 4 aromatic rings. The monoisotopic (exact) mass is 657 g/mol. The molecular formula is C37H40FN3O5S. The van der Waals surface area contributed by atoms with Gasteiger partial charge in [-0.05, 0) is 55.7 Å². The van der Waals surface area contributed by atoms with Gasteiger partial charge in [0.1, 0.15) is 24.2 Å². The van der Waals surface area contributed by atoms with Crippen LogP contribution in [0.4, 0.5) is 10.1 Å². The average molecular weight is 658 g/mol. The number of anilines is 1. The van der Waals surface area contributed by atoms with Crippen molar-refractivity contribution in [2.45, 2.75) is 62.6 Å². The van der Waals surface area contributed by atoms with Crippen LogP contribution in [0.5, 0.6) is 5.75 Å². The molecule has 8 nitrogen and oxygen atoms in total. The summed E-state index contributed by atoms with van der Waals surface area (Å²) in [5.41, 5.74) is 1.19. The van der Waals surface area contributed by atoms with Gasteiger partial charge in [-0.1, -0.05) is 91.7 Å². The van der Waals surface area contributed by atoms with Crippen LogP contribution >= 0.6 is 0 Å². The lowest BCUT2D eigenvalue weighted by atomic mass is 10.0. The van der Waals surface area contributed by atoms with Crippen molar-refractivity contribution in [3.63, 3.8) is 0 Å². The molecular weight excluding hydrogens is 617 g/mol. The lowest BCUT2D eigenvalue weighted by molar-refractivity contribution is -0.140. The van der Waals surface area contributed by atoms with Crippen LogP contribution in [0.25, 0.3) is 0 Å². The van der Waals surface area contributed by atoms with E-state index in [9.17, 15) is 18.0 Å². The van der Waals surface area contributed by atoms with E-state index in [4.69, 9.17) is 4.74 Å². The number of halogens is 1. The lowest BCUT2D eigenvalue weighted by Crippen LogP contribution is -2.54. The fourth-order valence-electron chi connectivity index (χ4n) is 5.91. The largest absolute Gasteiger partial charge is 0.492 e. The molecule has 0 radical (unpaired) electrons. The quantitative estimate of drug-likeness (QED) is 0.176. The van der Waals surface area contributed by atoms with Gasteiger partial charge in [-0.3, -0.25) is 13.9 Å². The number of para-hydroxylation sites is 2. The molecule has 0 spiro atoms. The summed E-state index contributed by atoms with van der Waals surface area (Å²) in [4.78, 5) is 30.0. The molecule has 1 aliphatic rings. The Bertz CT molecular complexity index is 1750. The number of nitrogens with zero attached hydrogens (tertiary/aromatic N) is 2. The molecule has 1 atom stereocenters. The maximum atomic E-state index is 15.1. The molecule has 10 heteroatoms. The molecule has 1 saturated carbocycles. The van der Waals surface area contributed by atoms with E-state index in [1.165, 1.54) is 23.1 Å². The van der Waals surface area contributed by atoms with E-state index in [1.807, 2.05) is 30.3 Å². The Morgan fingerprint density at radius 3 is 2.17 bits per heavy atom. The molecule has 246 valence electrons. The van der Waals surface area contributed by atoms with Gasteiger partial charge in [0, 0.05) is 24.6 Å². The SMILES string of the molecule is CCOc1ccccc1N(CC(=O)N(Cc1ccccc1F)C(Cc1ccccc1)C(=O)NC1CCCC1)S(=O)(=O)c1ccccc1. The van der Waals surface area contributed by atoms with Crippen LogP contribution in [0.2, 0.25) is 0 Å². The van der Waals surface area contributed by atoms with Crippen molar-refractivity contribution in [3.05, 3.63) is 126 Å². The van der Waals surface area contributed by atoms with Crippen LogP contribution in [0.15, 0.2) is 114 Å². The molecule has 1 unspecified atom stereocenters. The van der Waals surface area contributed by atoms with Gasteiger partial charge in [-0.2, -0.15) is 0 Å². The Hall–Kier alpha value is -4.70. The number of carbonyl (C=O) groups excluding carboxylic acids is 2. The molecule has 47 heavy (non-hydrogen) atoms. The third-order valence-corrected chi connectivity index (χ3v) is 10.1. The Morgan fingerprint density at radius 2 is 1.49 bits per heavy atom. The van der Waals surface area contributed by atoms with Crippen LogP contribution in [-0.4, -0.2) is 50.4 Å². The molecule has 0 aliphatic heterocycles. The summed E-state index contributed by atoms with van der Waals surface area (Å²) in [6.07, 6.45) is 3.82. The summed E-state index contributed by atoms with van der Waals surface area (Å²) in [5.74, 6) is -1.28. The van der Waals surface area contributed by atoms with E-state index >= 15 is 4.39 Å². The maximum absolute atomic E-state index is 15.1. The molecule has 1 aliphatic carbocycles. The van der Waals surface area contributed by atoms with Gasteiger partial charge in [0.15, 0.2) is 0 Å². The summed E-state index contributed by atoms with van der Waals surface area (Å²) in [7, 11) is -4.30. The van der Waals surface area contributed by atoms with Crippen LogP contribution in [0.3, 0.4) is 0 Å². The summed E-state index contributed by atoms with van der Waals surface area (Å²) in [5, 5.41) is 3.12. The normalized spacial score (nSPS) is 13.9. The second-order valence-corrected chi connectivity index (χ2v) is 13.4. The highest BCUT2D eigenvalue weighted by Crippen LogP contribution is 2.33. The number of hydrogen-bond donors (Lipinski definition) is 1. The van der Waals surface area contributed by atoms with Crippen molar-refractivity contribution >= 4 is 27.5 Å². The minimum absolute atomic E-state index is 0.0143. The van der Waals surface area contributed by atoms with Crippen molar-refractivity contribution in [2.75, 3.05) is 17.5 Å². The molecule has 0 saturated heterocycles. The molecule has 0 aromatic heterocycles. The Balaban J connectivity index is 1.59. The number of carbonyl (C=O) groups is 2. The van der Waals surface area contributed by atoms with E-state index in [2.05, 4.69) is 5.32 Å². The first-order chi connectivity index (χ1) is 22.8. The van der Waals surface area contributed by atoms with E-state index in [-0.39, 0.29) is 53.4 Å². The van der Waals surface area contributed by atoms with E-state index in [0.717, 1.165) is 35.6 Å². The Morgan fingerprint density at radius 1 is 0.872 bits per heavy atom. The highest BCUT2D eigenvalue weighted by atomic mass is 32.2. The number of rotatable bonds is 14. The number of ether oxygens (including phenoxy) is 1. The second-order valence-electron chi connectivity index (χ2n) is 11.5. The smallest absolute Gasteiger partial charge is 0.264 e. The van der Waals surface area contributed by atoms with Crippen LogP contribution in [0.1, 0.15) is 43.7 Å². The summed E-state index contributed by atoms with van der Waals surface area (Å²) in [6.45, 7) is 1.15. The number of hydrogen-bond acceptors (Lipinski definition) is 5. The van der Waals surface area contributed by atoms with Crippen molar-refractivity contribution in [1.29, 1.82) is 0 Å². The van der Waals surface area contributed by atoms with E-state index < -0.39 is 34.3 Å². The van der Waals surface area contributed by atoms with Crippen LogP contribution in [0, 0.1) is 5.82 Å². The van der Waals surface area contributed by atoms with Gasteiger partial charge in [0.2, 0.25) is 11.8 Å². The van der Waals surface area contributed by atoms with Crippen LogP contribution < -0.4 is 14.4 Å². The predicted molar refractivity (Wildman–Crippen MR) is 180 cm³/mol. The van der Waals surface area contributed by atoms with Gasteiger partial charge in [0.05, 0.1) is 17.2 Å². The minimum atomic E-state index is -4.30. The Labute approximate surface area is 276 Å². The maximum Gasteiger partial charge on any atom is 0.264 e. The molecule has 0 heterocycles. The van der Waals surface area contributed by atoms with Gasteiger partial charge < -0.3 is 15.0 Å². The summed E-state index contributed by atoms with van der Waals surface area (Å²) >= 11 is 0. The third-order valence-electron chi connectivity index (χ3n) is 8.32. The minimum Gasteiger partial charge on any atom is -0.492 e. The first-order valence-corrected chi connectivity index (χ1v) is 17.4. The molecule has 5 rings (SSSR count). The molecule has 4 aromatic carbocycles. The molecule has 1 N–H and O–H groups in total. The lowest BCUT2D eigenvalue weighted by Gasteiger charge is -2.34. The number of amides is 2. The first-order valence-electron chi connectivity index (χ1n) is 15.9. The zero-order chi connectivity index (χ0) is 33.2. The van der Waals surface area contributed by atoms with Gasteiger partial charge in [-0.25, -0.2) is 12.8 Å². The summed E-state index contributed by atoms with van der Waals surface area (Å²) < 4.78 is 50.4. The van der Waals surface area contributed by atoms with E-state index in [1.54, 1.807) is 67.6 Å². The zero-order valence-corrected chi connectivity index (χ0v) is 27.2. The number of sulfonamides is 1. The van der Waals surface area contributed by atoms with Crippen molar-refractivity contribution in [2.24, 2.45) is 0 Å². The third kappa shape index (κ3) is 8.37. The number of nitrogens with one attached hydrogen (secondary N) is 1. The zero-order valence-electron chi connectivity index (χ0n) is 26.4. The van der Waals surface area contributed by atoms with Crippen molar-refractivity contribution < 1.29 is 27.1 Å². The Kier molecular flexibility index (Phi) is 11.3. The fourth-order valence-corrected chi connectivity index (χ4v) is 7.35. The van der Waals surface area contributed by atoms with Crippen molar-refractivity contribution in [1.82, 2.24) is 10.2 Å². The predicted octanol–water partition coefficient (Wildman–Crippen LogP) is 6.12. The highest BCUT2D eigenvalue weighted by molar-refractivity contribution is 7.92. The average Bonchev–Trinajstić information content (AvgIpc) is 3.60. The van der Waals surface area contributed by atoms with Gasteiger partial charge in [0.25, 0.3) is 10.0 Å². The first kappa shape index (κ1) is 33.7. The van der Waals surface area contributed by atoms with E-state index in [0.29, 0.717) is 0 Å². The topological polar surface area (TPSA) is 96.0 Å². The number of benzene rings is 4. The van der Waals surface area contributed by atoms with Gasteiger partial charge >= 0.3 is 0 Å². The highest BCUT2D eigenvalue weighted by Gasteiger charge is 2.36. The standard InChI is InChI=1S/C37H40FN3O5S/c1-2-46-35-24-14-13-23-33(35)41(47(44,45)31-20-7-4-8-21-31)27-36(42)40(26-29-17-9-12-22-32(29)38)34(25-28-15-5-3-6-16-28)37(43)39-30-18-10-11-19-30/h3-9,12-17,20-24,30,34H,2,10-11,18-19,25-27H2,1H3,(H,39,43). The van der Waals surface area contributed by atoms with Gasteiger partial charge in [-0.15, -0.1) is 0 Å². The fraction of sp³-hybridized carbons (Fsp3) is 0.297. The summed E-state index contributed by atoms with van der Waals surface area (Å²) in [6, 6.07) is 28.7.